The van der Waals surface area contributed by atoms with E-state index in [1.165, 1.54) is 18.6 Å². The van der Waals surface area contributed by atoms with Gasteiger partial charge in [0.2, 0.25) is 5.91 Å². The molecule has 0 radical (unpaired) electrons. The molecule has 1 atom stereocenters. The molecule has 8 heteroatoms. The van der Waals surface area contributed by atoms with Gasteiger partial charge in [0.1, 0.15) is 11.6 Å². The highest BCUT2D eigenvalue weighted by molar-refractivity contribution is 5.78. The zero-order valence-corrected chi connectivity index (χ0v) is 16.3. The Morgan fingerprint density at radius 3 is 2.32 bits per heavy atom. The summed E-state index contributed by atoms with van der Waals surface area (Å²) in [5.41, 5.74) is 0.250. The van der Waals surface area contributed by atoms with Crippen LogP contribution in [0, 0.1) is 11.6 Å². The van der Waals surface area contributed by atoms with Crippen molar-refractivity contribution in [1.29, 1.82) is 0 Å². The van der Waals surface area contributed by atoms with Crippen molar-refractivity contribution >= 4 is 11.9 Å². The van der Waals surface area contributed by atoms with Gasteiger partial charge in [-0.1, -0.05) is 6.07 Å². The first-order chi connectivity index (χ1) is 13.4. The zero-order chi connectivity index (χ0) is 20.1. The summed E-state index contributed by atoms with van der Waals surface area (Å²) in [5, 5.41) is 2.76. The van der Waals surface area contributed by atoms with Crippen molar-refractivity contribution in [3.8, 4) is 0 Å². The molecule has 3 amide bonds. The minimum atomic E-state index is -0.672. The largest absolute Gasteiger partial charge is 0.342 e. The van der Waals surface area contributed by atoms with Crippen molar-refractivity contribution in [3.05, 3.63) is 35.4 Å². The molecule has 6 nitrogen and oxygen atoms in total. The number of halogens is 2. The number of piperazine rings is 1. The van der Waals surface area contributed by atoms with E-state index in [9.17, 15) is 18.4 Å². The van der Waals surface area contributed by atoms with Crippen molar-refractivity contribution in [2.75, 3.05) is 45.8 Å². The normalized spacial score (nSPS) is 19.4. The molecule has 0 bridgehead atoms. The standard InChI is InChI=1S/C20H28F2N4O2/c1-15(17-6-5-16(21)13-18(17)22)23-20(28)26-11-9-24(10-12-26)14-19(27)25-7-3-2-4-8-25/h5-6,13,15H,2-4,7-12,14H2,1H3,(H,23,28). The van der Waals surface area contributed by atoms with Crippen LogP contribution >= 0.6 is 0 Å². The highest BCUT2D eigenvalue weighted by atomic mass is 19.1. The Bertz CT molecular complexity index is 701. The first-order valence-corrected chi connectivity index (χ1v) is 9.94. The second-order valence-electron chi connectivity index (χ2n) is 7.54. The van der Waals surface area contributed by atoms with Crippen molar-refractivity contribution < 1.29 is 18.4 Å². The molecule has 2 aliphatic heterocycles. The number of amides is 3. The molecule has 0 spiro atoms. The number of rotatable bonds is 4. The van der Waals surface area contributed by atoms with Crippen LogP contribution in [0.1, 0.15) is 37.8 Å². The molecule has 3 rings (SSSR count). The van der Waals surface area contributed by atoms with Gasteiger partial charge in [0.25, 0.3) is 0 Å². The molecule has 0 saturated carbocycles. The van der Waals surface area contributed by atoms with Crippen molar-refractivity contribution in [2.24, 2.45) is 0 Å². The van der Waals surface area contributed by atoms with Gasteiger partial charge in [-0.15, -0.1) is 0 Å². The van der Waals surface area contributed by atoms with Crippen LogP contribution in [-0.4, -0.2) is 72.5 Å². The van der Waals surface area contributed by atoms with Crippen LogP contribution in [0.15, 0.2) is 18.2 Å². The number of nitrogens with one attached hydrogen (secondary N) is 1. The molecule has 154 valence electrons. The molecule has 0 aliphatic carbocycles. The molecule has 1 N–H and O–H groups in total. The second-order valence-corrected chi connectivity index (χ2v) is 7.54. The third-order valence-corrected chi connectivity index (χ3v) is 5.50. The molecule has 2 saturated heterocycles. The first kappa shape index (κ1) is 20.5. The van der Waals surface area contributed by atoms with Crippen LogP contribution in [0.2, 0.25) is 0 Å². The van der Waals surface area contributed by atoms with E-state index < -0.39 is 17.7 Å². The van der Waals surface area contributed by atoms with Gasteiger partial charge in [-0.2, -0.15) is 0 Å². The average molecular weight is 394 g/mol. The zero-order valence-electron chi connectivity index (χ0n) is 16.3. The number of hydrogen-bond donors (Lipinski definition) is 1. The van der Waals surface area contributed by atoms with Gasteiger partial charge in [0.15, 0.2) is 0 Å². The third kappa shape index (κ3) is 5.19. The molecule has 2 heterocycles. The Hall–Kier alpha value is -2.22. The Morgan fingerprint density at radius 1 is 1.00 bits per heavy atom. The van der Waals surface area contributed by atoms with E-state index in [-0.39, 0.29) is 17.5 Å². The maximum Gasteiger partial charge on any atom is 0.317 e. The summed E-state index contributed by atoms with van der Waals surface area (Å²) in [4.78, 5) is 30.5. The molecule has 2 aliphatic rings. The summed E-state index contributed by atoms with van der Waals surface area (Å²) in [6, 6.07) is 2.50. The van der Waals surface area contributed by atoms with Crippen molar-refractivity contribution in [1.82, 2.24) is 20.0 Å². The van der Waals surface area contributed by atoms with E-state index in [4.69, 9.17) is 0 Å². The summed E-state index contributed by atoms with van der Waals surface area (Å²) in [5.74, 6) is -1.15. The van der Waals surface area contributed by atoms with E-state index in [0.29, 0.717) is 32.7 Å². The SMILES string of the molecule is CC(NC(=O)N1CCN(CC(=O)N2CCCCC2)CC1)c1ccc(F)cc1F. The Labute approximate surface area is 164 Å². The van der Waals surface area contributed by atoms with Gasteiger partial charge in [-0.3, -0.25) is 9.69 Å². The quantitative estimate of drug-likeness (QED) is 0.853. The topological polar surface area (TPSA) is 55.9 Å². The lowest BCUT2D eigenvalue weighted by atomic mass is 10.1. The highest BCUT2D eigenvalue weighted by Crippen LogP contribution is 2.18. The van der Waals surface area contributed by atoms with Gasteiger partial charge >= 0.3 is 6.03 Å². The molecule has 28 heavy (non-hydrogen) atoms. The minimum absolute atomic E-state index is 0.165. The van der Waals surface area contributed by atoms with E-state index in [1.807, 2.05) is 4.90 Å². The number of hydrogen-bond acceptors (Lipinski definition) is 3. The predicted molar refractivity (Wildman–Crippen MR) is 102 cm³/mol. The number of likely N-dealkylation sites (tertiary alicyclic amines) is 1. The van der Waals surface area contributed by atoms with E-state index in [1.54, 1.807) is 11.8 Å². The molecular weight excluding hydrogens is 366 g/mol. The summed E-state index contributed by atoms with van der Waals surface area (Å²) in [7, 11) is 0. The monoisotopic (exact) mass is 394 g/mol. The second kappa shape index (κ2) is 9.32. The maximum absolute atomic E-state index is 13.9. The molecule has 1 aromatic carbocycles. The lowest BCUT2D eigenvalue weighted by Crippen LogP contribution is -2.54. The number of benzene rings is 1. The number of carbonyl (C=O) groups excluding carboxylic acids is 2. The Kier molecular flexibility index (Phi) is 6.83. The average Bonchev–Trinajstić information content (AvgIpc) is 2.69. The van der Waals surface area contributed by atoms with Crippen LogP contribution in [-0.2, 0) is 4.79 Å². The number of carbonyl (C=O) groups is 2. The third-order valence-electron chi connectivity index (χ3n) is 5.50. The maximum atomic E-state index is 13.9. The lowest BCUT2D eigenvalue weighted by molar-refractivity contribution is -0.133. The molecular formula is C20H28F2N4O2. The van der Waals surface area contributed by atoms with Gasteiger partial charge in [0.05, 0.1) is 12.6 Å². The van der Waals surface area contributed by atoms with Crippen LogP contribution in [0.25, 0.3) is 0 Å². The molecule has 0 aromatic heterocycles. The van der Waals surface area contributed by atoms with Crippen LogP contribution in [0.5, 0.6) is 0 Å². The fourth-order valence-electron chi connectivity index (χ4n) is 3.75. The Morgan fingerprint density at radius 2 is 1.68 bits per heavy atom. The molecule has 1 unspecified atom stereocenters. The van der Waals surface area contributed by atoms with Crippen molar-refractivity contribution in [2.45, 2.75) is 32.2 Å². The summed E-state index contributed by atoms with van der Waals surface area (Å²) >= 11 is 0. The van der Waals surface area contributed by atoms with Crippen LogP contribution in [0.3, 0.4) is 0 Å². The minimum Gasteiger partial charge on any atom is -0.342 e. The predicted octanol–water partition coefficient (Wildman–Crippen LogP) is 2.37. The summed E-state index contributed by atoms with van der Waals surface area (Å²) in [6.07, 6.45) is 3.34. The number of urea groups is 1. The molecule has 2 fully saturated rings. The molecule has 1 aromatic rings. The van der Waals surface area contributed by atoms with E-state index in [0.717, 1.165) is 32.0 Å². The Balaban J connectivity index is 1.45. The van der Waals surface area contributed by atoms with Gasteiger partial charge in [-0.05, 0) is 32.3 Å². The summed E-state index contributed by atoms with van der Waals surface area (Å²) < 4.78 is 26.9. The van der Waals surface area contributed by atoms with Crippen molar-refractivity contribution in [3.63, 3.8) is 0 Å². The summed E-state index contributed by atoms with van der Waals surface area (Å²) in [6.45, 7) is 6.04. The van der Waals surface area contributed by atoms with Crippen LogP contribution < -0.4 is 5.32 Å². The van der Waals surface area contributed by atoms with Gasteiger partial charge < -0.3 is 15.1 Å². The smallest absolute Gasteiger partial charge is 0.317 e. The fourth-order valence-corrected chi connectivity index (χ4v) is 3.75. The fraction of sp³-hybridized carbons (Fsp3) is 0.600. The first-order valence-electron chi connectivity index (χ1n) is 9.94. The van der Waals surface area contributed by atoms with E-state index in [2.05, 4.69) is 10.2 Å². The van der Waals surface area contributed by atoms with Gasteiger partial charge in [-0.25, -0.2) is 13.6 Å². The highest BCUT2D eigenvalue weighted by Gasteiger charge is 2.26. The number of piperidine rings is 1. The van der Waals surface area contributed by atoms with E-state index >= 15 is 0 Å². The lowest BCUT2D eigenvalue weighted by Gasteiger charge is -2.36. The number of nitrogens with zero attached hydrogens (tertiary/aromatic N) is 3. The van der Waals surface area contributed by atoms with Gasteiger partial charge in [0, 0.05) is 50.9 Å². The van der Waals surface area contributed by atoms with Crippen LogP contribution in [0.4, 0.5) is 13.6 Å².